The standard InChI is InChI=1S/C17H28F2N2O3/c1-12(2)7-15(22)21-11-17(18,19)9-14(21)10-20-5-3-13(4-6-20)8-16(23)24/h12-14H,3-11H2,1-2H3,(H,23,24). The molecule has 0 aliphatic carbocycles. The fraction of sp³-hybridized carbons (Fsp3) is 0.882. The van der Waals surface area contributed by atoms with E-state index in [0.29, 0.717) is 26.1 Å². The molecule has 1 amide bonds. The lowest BCUT2D eigenvalue weighted by molar-refractivity contribution is -0.138. The molecule has 0 saturated carbocycles. The highest BCUT2D eigenvalue weighted by molar-refractivity contribution is 5.77. The third-order valence-electron chi connectivity index (χ3n) is 4.92. The average molecular weight is 346 g/mol. The Labute approximate surface area is 142 Å². The smallest absolute Gasteiger partial charge is 0.303 e. The van der Waals surface area contributed by atoms with Gasteiger partial charge in [0, 0.05) is 25.8 Å². The van der Waals surface area contributed by atoms with Gasteiger partial charge in [-0.1, -0.05) is 13.8 Å². The Morgan fingerprint density at radius 3 is 2.42 bits per heavy atom. The molecule has 2 heterocycles. The molecule has 0 aromatic carbocycles. The van der Waals surface area contributed by atoms with Gasteiger partial charge >= 0.3 is 5.97 Å². The number of carbonyl (C=O) groups excluding carboxylic acids is 1. The van der Waals surface area contributed by atoms with Crippen LogP contribution in [0.3, 0.4) is 0 Å². The van der Waals surface area contributed by atoms with Crippen LogP contribution in [-0.2, 0) is 9.59 Å². The van der Waals surface area contributed by atoms with Crippen LogP contribution >= 0.6 is 0 Å². The average Bonchev–Trinajstić information content (AvgIpc) is 2.75. The van der Waals surface area contributed by atoms with Crippen LogP contribution in [-0.4, -0.2) is 64.9 Å². The zero-order valence-corrected chi connectivity index (χ0v) is 14.5. The first kappa shape index (κ1) is 19.1. The monoisotopic (exact) mass is 346 g/mol. The highest BCUT2D eigenvalue weighted by Gasteiger charge is 2.47. The lowest BCUT2D eigenvalue weighted by Gasteiger charge is -2.35. The van der Waals surface area contributed by atoms with Crippen LogP contribution in [0.4, 0.5) is 8.78 Å². The summed E-state index contributed by atoms with van der Waals surface area (Å²) in [5, 5.41) is 8.85. The van der Waals surface area contributed by atoms with E-state index >= 15 is 0 Å². The summed E-state index contributed by atoms with van der Waals surface area (Å²) >= 11 is 0. The van der Waals surface area contributed by atoms with Crippen molar-refractivity contribution >= 4 is 11.9 Å². The summed E-state index contributed by atoms with van der Waals surface area (Å²) in [5.74, 6) is -3.46. The maximum atomic E-state index is 13.8. The number of amides is 1. The van der Waals surface area contributed by atoms with E-state index in [1.165, 1.54) is 4.90 Å². The number of carboxylic acids is 1. The molecule has 1 atom stereocenters. The third kappa shape index (κ3) is 5.40. The zero-order valence-electron chi connectivity index (χ0n) is 14.5. The minimum absolute atomic E-state index is 0.152. The van der Waals surface area contributed by atoms with Crippen molar-refractivity contribution < 1.29 is 23.5 Å². The minimum atomic E-state index is -2.81. The molecule has 0 aromatic heterocycles. The largest absolute Gasteiger partial charge is 0.481 e. The molecular weight excluding hydrogens is 318 g/mol. The molecule has 7 heteroatoms. The van der Waals surface area contributed by atoms with E-state index in [9.17, 15) is 18.4 Å². The normalized spacial score (nSPS) is 25.4. The van der Waals surface area contributed by atoms with E-state index in [2.05, 4.69) is 4.90 Å². The predicted octanol–water partition coefficient (Wildman–Crippen LogP) is 2.46. The summed E-state index contributed by atoms with van der Waals surface area (Å²) in [6, 6.07) is -0.442. The van der Waals surface area contributed by atoms with E-state index < -0.39 is 24.5 Å². The maximum absolute atomic E-state index is 13.8. The molecule has 0 radical (unpaired) electrons. The molecule has 0 bridgehead atoms. The van der Waals surface area contributed by atoms with Gasteiger partial charge in [-0.05, 0) is 37.8 Å². The molecule has 2 fully saturated rings. The second-order valence-corrected chi connectivity index (χ2v) is 7.68. The van der Waals surface area contributed by atoms with Gasteiger partial charge in [-0.3, -0.25) is 9.59 Å². The van der Waals surface area contributed by atoms with Crippen molar-refractivity contribution in [3.63, 3.8) is 0 Å². The highest BCUT2D eigenvalue weighted by atomic mass is 19.3. The highest BCUT2D eigenvalue weighted by Crippen LogP contribution is 2.34. The van der Waals surface area contributed by atoms with Crippen LogP contribution in [0.2, 0.25) is 0 Å². The molecule has 1 unspecified atom stereocenters. The van der Waals surface area contributed by atoms with Crippen LogP contribution in [0.5, 0.6) is 0 Å². The first-order valence-electron chi connectivity index (χ1n) is 8.77. The Kier molecular flexibility index (Phi) is 6.17. The molecule has 2 rings (SSSR count). The molecule has 2 saturated heterocycles. The number of aliphatic carboxylic acids is 1. The molecular formula is C17H28F2N2O3. The summed E-state index contributed by atoms with van der Waals surface area (Å²) in [6.45, 7) is 5.24. The maximum Gasteiger partial charge on any atom is 0.303 e. The third-order valence-corrected chi connectivity index (χ3v) is 4.92. The lowest BCUT2D eigenvalue weighted by Crippen LogP contribution is -2.46. The Balaban J connectivity index is 1.90. The van der Waals surface area contributed by atoms with Crippen molar-refractivity contribution in [1.29, 1.82) is 0 Å². The van der Waals surface area contributed by atoms with Crippen molar-refractivity contribution in [2.75, 3.05) is 26.2 Å². The van der Waals surface area contributed by atoms with Crippen LogP contribution in [0.25, 0.3) is 0 Å². The van der Waals surface area contributed by atoms with Crippen molar-refractivity contribution in [2.24, 2.45) is 11.8 Å². The van der Waals surface area contributed by atoms with E-state index in [4.69, 9.17) is 5.11 Å². The molecule has 138 valence electrons. The minimum Gasteiger partial charge on any atom is -0.481 e. The molecule has 5 nitrogen and oxygen atoms in total. The number of rotatable bonds is 6. The molecule has 0 spiro atoms. The van der Waals surface area contributed by atoms with Gasteiger partial charge < -0.3 is 14.9 Å². The predicted molar refractivity (Wildman–Crippen MR) is 85.9 cm³/mol. The van der Waals surface area contributed by atoms with Crippen molar-refractivity contribution in [1.82, 2.24) is 9.80 Å². The second-order valence-electron chi connectivity index (χ2n) is 7.68. The number of carboxylic acid groups (broad SMARTS) is 1. The Bertz CT molecular complexity index is 463. The van der Waals surface area contributed by atoms with Crippen LogP contribution in [0.1, 0.15) is 46.0 Å². The molecule has 24 heavy (non-hydrogen) atoms. The fourth-order valence-electron chi connectivity index (χ4n) is 3.74. The Morgan fingerprint density at radius 1 is 1.25 bits per heavy atom. The topological polar surface area (TPSA) is 60.9 Å². The van der Waals surface area contributed by atoms with E-state index in [1.807, 2.05) is 13.8 Å². The number of likely N-dealkylation sites (tertiary alicyclic amines) is 2. The molecule has 0 aromatic rings. The van der Waals surface area contributed by atoms with E-state index in [1.54, 1.807) is 0 Å². The first-order chi connectivity index (χ1) is 11.2. The van der Waals surface area contributed by atoms with Gasteiger partial charge in [-0.15, -0.1) is 0 Å². The quantitative estimate of drug-likeness (QED) is 0.803. The van der Waals surface area contributed by atoms with Gasteiger partial charge in [0.25, 0.3) is 5.92 Å². The van der Waals surface area contributed by atoms with Crippen LogP contribution < -0.4 is 0 Å². The Morgan fingerprint density at radius 2 is 1.88 bits per heavy atom. The van der Waals surface area contributed by atoms with Gasteiger partial charge in [-0.2, -0.15) is 0 Å². The zero-order chi connectivity index (χ0) is 17.9. The van der Waals surface area contributed by atoms with Gasteiger partial charge in [0.2, 0.25) is 5.91 Å². The number of alkyl halides is 2. The number of hydrogen-bond donors (Lipinski definition) is 1. The summed E-state index contributed by atoms with van der Waals surface area (Å²) in [6.07, 6.45) is 1.75. The summed E-state index contributed by atoms with van der Waals surface area (Å²) in [5.41, 5.74) is 0. The molecule has 1 N–H and O–H groups in total. The van der Waals surface area contributed by atoms with Gasteiger partial charge in [-0.25, -0.2) is 8.78 Å². The van der Waals surface area contributed by atoms with Crippen molar-refractivity contribution in [3.8, 4) is 0 Å². The van der Waals surface area contributed by atoms with Crippen molar-refractivity contribution in [3.05, 3.63) is 0 Å². The lowest BCUT2D eigenvalue weighted by atomic mass is 9.93. The number of halogens is 2. The van der Waals surface area contributed by atoms with E-state index in [0.717, 1.165) is 12.8 Å². The number of piperidine rings is 1. The number of carbonyl (C=O) groups is 2. The fourth-order valence-corrected chi connectivity index (χ4v) is 3.74. The van der Waals surface area contributed by atoms with Gasteiger partial charge in [0.05, 0.1) is 12.6 Å². The van der Waals surface area contributed by atoms with Crippen LogP contribution in [0, 0.1) is 11.8 Å². The second kappa shape index (κ2) is 7.76. The summed E-state index contributed by atoms with van der Waals surface area (Å²) < 4.78 is 27.6. The summed E-state index contributed by atoms with van der Waals surface area (Å²) in [7, 11) is 0. The first-order valence-corrected chi connectivity index (χ1v) is 8.77. The van der Waals surface area contributed by atoms with Gasteiger partial charge in [0.1, 0.15) is 0 Å². The number of hydrogen-bond acceptors (Lipinski definition) is 3. The molecule has 2 aliphatic heterocycles. The summed E-state index contributed by atoms with van der Waals surface area (Å²) in [4.78, 5) is 26.5. The van der Waals surface area contributed by atoms with Crippen LogP contribution in [0.15, 0.2) is 0 Å². The molecule has 2 aliphatic rings. The SMILES string of the molecule is CC(C)CC(=O)N1CC(F)(F)CC1CN1CCC(CC(=O)O)CC1. The Hall–Kier alpha value is -1.24. The van der Waals surface area contributed by atoms with Gasteiger partial charge in [0.15, 0.2) is 0 Å². The number of nitrogens with zero attached hydrogens (tertiary/aromatic N) is 2. The van der Waals surface area contributed by atoms with Crippen molar-refractivity contribution in [2.45, 2.75) is 57.9 Å². The van der Waals surface area contributed by atoms with E-state index in [-0.39, 0.29) is 30.6 Å².